The Hall–Kier alpha value is -2.03. The van der Waals surface area contributed by atoms with E-state index in [4.69, 9.17) is 5.11 Å². The number of phenols is 1. The van der Waals surface area contributed by atoms with Crippen LogP contribution < -0.4 is 0 Å². The van der Waals surface area contributed by atoms with Crippen LogP contribution in [0, 0.1) is 0 Å². The molecule has 96 valence electrons. The first-order valence-electron chi connectivity index (χ1n) is 5.83. The second kappa shape index (κ2) is 6.64. The van der Waals surface area contributed by atoms with Crippen LogP contribution in [0.1, 0.15) is 29.9 Å². The molecule has 1 atom stereocenters. The highest BCUT2D eigenvalue weighted by atomic mass is 16.4. The summed E-state index contributed by atoms with van der Waals surface area (Å²) in [5.41, 5.74) is 1.67. The predicted molar refractivity (Wildman–Crippen MR) is 71.8 cm³/mol. The van der Waals surface area contributed by atoms with Crippen molar-refractivity contribution in [3.63, 3.8) is 0 Å². The minimum absolute atomic E-state index is 0.0598. The van der Waals surface area contributed by atoms with Gasteiger partial charge in [0.05, 0.1) is 6.42 Å². The van der Waals surface area contributed by atoms with E-state index in [0.717, 1.165) is 11.1 Å². The summed E-state index contributed by atoms with van der Waals surface area (Å²) in [6.07, 6.45) is 4.65. The summed E-state index contributed by atoms with van der Waals surface area (Å²) in [6, 6.07) is 5.21. The summed E-state index contributed by atoms with van der Waals surface area (Å²) >= 11 is 0. The average molecular weight is 246 g/mol. The molecule has 0 saturated carbocycles. The number of carboxylic acid groups (broad SMARTS) is 1. The normalized spacial score (nSPS) is 11.8. The van der Waals surface area contributed by atoms with Gasteiger partial charge in [-0.3, -0.25) is 4.79 Å². The Balaban J connectivity index is 3.03. The fraction of sp³-hybridized carbons (Fsp3) is 0.267. The summed E-state index contributed by atoms with van der Waals surface area (Å²) in [6.45, 7) is 7.29. The van der Waals surface area contributed by atoms with Gasteiger partial charge < -0.3 is 10.2 Å². The maximum atomic E-state index is 10.8. The van der Waals surface area contributed by atoms with Gasteiger partial charge in [0.2, 0.25) is 0 Å². The lowest BCUT2D eigenvalue weighted by Gasteiger charge is -2.15. The Morgan fingerprint density at radius 3 is 2.61 bits per heavy atom. The molecule has 0 fully saturated rings. The molecule has 18 heavy (non-hydrogen) atoms. The van der Waals surface area contributed by atoms with Gasteiger partial charge in [-0.15, -0.1) is 13.2 Å². The SMILES string of the molecule is C=CCc1cc(C(CC=C)CC(=O)O)ccc1O. The van der Waals surface area contributed by atoms with Gasteiger partial charge in [0.15, 0.2) is 0 Å². The van der Waals surface area contributed by atoms with Crippen LogP contribution in [0.15, 0.2) is 43.5 Å². The zero-order chi connectivity index (χ0) is 13.5. The summed E-state index contributed by atoms with van der Waals surface area (Å²) in [4.78, 5) is 10.8. The van der Waals surface area contributed by atoms with Crippen molar-refractivity contribution < 1.29 is 15.0 Å². The van der Waals surface area contributed by atoms with Gasteiger partial charge in [-0.05, 0) is 36.0 Å². The molecule has 1 aromatic carbocycles. The molecule has 0 radical (unpaired) electrons. The van der Waals surface area contributed by atoms with Gasteiger partial charge >= 0.3 is 5.97 Å². The molecule has 1 aromatic rings. The maximum Gasteiger partial charge on any atom is 0.303 e. The Bertz CT molecular complexity index is 449. The van der Waals surface area contributed by atoms with Crippen LogP contribution in [-0.2, 0) is 11.2 Å². The number of benzene rings is 1. The summed E-state index contributed by atoms with van der Waals surface area (Å²) < 4.78 is 0. The van der Waals surface area contributed by atoms with Crippen molar-refractivity contribution in [3.05, 3.63) is 54.6 Å². The third-order valence-electron chi connectivity index (χ3n) is 2.81. The van der Waals surface area contributed by atoms with Crippen molar-refractivity contribution in [2.75, 3.05) is 0 Å². The molecule has 0 aliphatic carbocycles. The van der Waals surface area contributed by atoms with E-state index >= 15 is 0 Å². The lowest BCUT2D eigenvalue weighted by Crippen LogP contribution is -2.06. The molecule has 2 N–H and O–H groups in total. The molecule has 0 aliphatic heterocycles. The molecule has 0 bridgehead atoms. The standard InChI is InChI=1S/C15H18O3/c1-3-5-11(10-15(17)18)12-7-8-14(16)13(9-12)6-4-2/h3-4,7-9,11,16H,1-2,5-6,10H2,(H,17,18). The van der Waals surface area contributed by atoms with Crippen LogP contribution >= 0.6 is 0 Å². The second-order valence-electron chi connectivity index (χ2n) is 4.20. The van der Waals surface area contributed by atoms with Crippen LogP contribution in [0.25, 0.3) is 0 Å². The van der Waals surface area contributed by atoms with Crippen LogP contribution in [0.3, 0.4) is 0 Å². The van der Waals surface area contributed by atoms with Gasteiger partial charge in [0.25, 0.3) is 0 Å². The zero-order valence-corrected chi connectivity index (χ0v) is 10.3. The fourth-order valence-corrected chi connectivity index (χ4v) is 1.93. The Labute approximate surface area is 107 Å². The second-order valence-corrected chi connectivity index (χ2v) is 4.20. The molecule has 3 heteroatoms. The molecule has 0 aliphatic rings. The average Bonchev–Trinajstić information content (AvgIpc) is 2.31. The highest BCUT2D eigenvalue weighted by Crippen LogP contribution is 2.28. The first-order valence-corrected chi connectivity index (χ1v) is 5.83. The van der Waals surface area contributed by atoms with E-state index in [-0.39, 0.29) is 18.1 Å². The van der Waals surface area contributed by atoms with E-state index in [1.807, 2.05) is 6.07 Å². The van der Waals surface area contributed by atoms with Gasteiger partial charge in [0, 0.05) is 0 Å². The first kappa shape index (κ1) is 14.0. The number of aromatic hydroxyl groups is 1. The van der Waals surface area contributed by atoms with E-state index in [0.29, 0.717) is 12.8 Å². The molecule has 1 rings (SSSR count). The number of hydrogen-bond donors (Lipinski definition) is 2. The number of allylic oxidation sites excluding steroid dienone is 2. The first-order chi connectivity index (χ1) is 8.58. The molecule has 0 saturated heterocycles. The van der Waals surface area contributed by atoms with Crippen molar-refractivity contribution in [2.45, 2.75) is 25.2 Å². The quantitative estimate of drug-likeness (QED) is 0.726. The Kier molecular flexibility index (Phi) is 5.18. The number of hydrogen-bond acceptors (Lipinski definition) is 2. The van der Waals surface area contributed by atoms with Crippen LogP contribution in [0.2, 0.25) is 0 Å². The molecule has 0 spiro atoms. The van der Waals surface area contributed by atoms with E-state index in [1.54, 1.807) is 24.3 Å². The topological polar surface area (TPSA) is 57.5 Å². The molecule has 1 unspecified atom stereocenters. The van der Waals surface area contributed by atoms with Crippen molar-refractivity contribution in [3.8, 4) is 5.75 Å². The Morgan fingerprint density at radius 2 is 2.06 bits per heavy atom. The number of rotatable bonds is 7. The van der Waals surface area contributed by atoms with E-state index < -0.39 is 5.97 Å². The number of phenolic OH excluding ortho intramolecular Hbond substituents is 1. The molecular weight excluding hydrogens is 228 g/mol. The fourth-order valence-electron chi connectivity index (χ4n) is 1.93. The van der Waals surface area contributed by atoms with E-state index in [1.165, 1.54) is 0 Å². The van der Waals surface area contributed by atoms with Gasteiger partial charge in [-0.2, -0.15) is 0 Å². The molecule has 3 nitrogen and oxygen atoms in total. The molecule has 0 aromatic heterocycles. The van der Waals surface area contributed by atoms with Crippen molar-refractivity contribution in [1.29, 1.82) is 0 Å². The minimum Gasteiger partial charge on any atom is -0.508 e. The third kappa shape index (κ3) is 3.77. The summed E-state index contributed by atoms with van der Waals surface area (Å²) in [7, 11) is 0. The van der Waals surface area contributed by atoms with Crippen LogP contribution in [0.4, 0.5) is 0 Å². The predicted octanol–water partition coefficient (Wildman–Crippen LogP) is 3.26. The maximum absolute atomic E-state index is 10.8. The smallest absolute Gasteiger partial charge is 0.303 e. The third-order valence-corrected chi connectivity index (χ3v) is 2.81. The Morgan fingerprint density at radius 1 is 1.33 bits per heavy atom. The van der Waals surface area contributed by atoms with Crippen molar-refractivity contribution in [1.82, 2.24) is 0 Å². The van der Waals surface area contributed by atoms with Crippen LogP contribution in [0.5, 0.6) is 5.75 Å². The summed E-state index contributed by atoms with van der Waals surface area (Å²) in [5, 5.41) is 18.6. The largest absolute Gasteiger partial charge is 0.508 e. The minimum atomic E-state index is -0.833. The number of carbonyl (C=O) groups is 1. The van der Waals surface area contributed by atoms with Gasteiger partial charge in [-0.1, -0.05) is 24.3 Å². The zero-order valence-electron chi connectivity index (χ0n) is 10.3. The van der Waals surface area contributed by atoms with E-state index in [2.05, 4.69) is 13.2 Å². The van der Waals surface area contributed by atoms with Crippen LogP contribution in [-0.4, -0.2) is 16.2 Å². The lowest BCUT2D eigenvalue weighted by molar-refractivity contribution is -0.137. The molecular formula is C15H18O3. The van der Waals surface area contributed by atoms with E-state index in [9.17, 15) is 9.90 Å². The molecule has 0 heterocycles. The van der Waals surface area contributed by atoms with Crippen molar-refractivity contribution in [2.24, 2.45) is 0 Å². The number of carboxylic acids is 1. The number of aliphatic carboxylic acids is 1. The highest BCUT2D eigenvalue weighted by molar-refractivity contribution is 5.68. The van der Waals surface area contributed by atoms with Gasteiger partial charge in [-0.25, -0.2) is 0 Å². The van der Waals surface area contributed by atoms with Gasteiger partial charge in [0.1, 0.15) is 5.75 Å². The molecule has 0 amide bonds. The summed E-state index contributed by atoms with van der Waals surface area (Å²) in [5.74, 6) is -0.726. The monoisotopic (exact) mass is 246 g/mol. The highest BCUT2D eigenvalue weighted by Gasteiger charge is 2.15. The van der Waals surface area contributed by atoms with Crippen molar-refractivity contribution >= 4 is 5.97 Å². The lowest BCUT2D eigenvalue weighted by atomic mass is 9.90.